The molecule has 5 heteroatoms. The van der Waals surface area contributed by atoms with E-state index in [2.05, 4.69) is 11.4 Å². The molecule has 0 saturated carbocycles. The molecule has 0 radical (unpaired) electrons. The van der Waals surface area contributed by atoms with Crippen molar-refractivity contribution in [2.45, 2.75) is 27.2 Å². The number of aryl methyl sites for hydroxylation is 2. The van der Waals surface area contributed by atoms with Crippen molar-refractivity contribution in [1.82, 2.24) is 0 Å². The number of ether oxygens (including phenoxy) is 2. The van der Waals surface area contributed by atoms with E-state index in [4.69, 9.17) is 14.7 Å². The van der Waals surface area contributed by atoms with Gasteiger partial charge in [0.1, 0.15) is 11.5 Å². The largest absolute Gasteiger partial charge is 0.493 e. The van der Waals surface area contributed by atoms with Crippen LogP contribution in [0.1, 0.15) is 30.0 Å². The van der Waals surface area contributed by atoms with E-state index in [0.29, 0.717) is 23.6 Å². The first-order valence-electron chi connectivity index (χ1n) is 8.20. The monoisotopic (exact) mass is 338 g/mol. The van der Waals surface area contributed by atoms with Crippen LogP contribution in [0, 0.1) is 25.2 Å². The number of nitriles is 1. The van der Waals surface area contributed by atoms with Gasteiger partial charge >= 0.3 is 0 Å². The summed E-state index contributed by atoms with van der Waals surface area (Å²) >= 11 is 0. The highest BCUT2D eigenvalue weighted by Gasteiger charge is 2.10. The van der Waals surface area contributed by atoms with Gasteiger partial charge in [-0.1, -0.05) is 17.7 Å². The second-order valence-corrected chi connectivity index (χ2v) is 5.67. The average Bonchev–Trinajstić information content (AvgIpc) is 2.58. The van der Waals surface area contributed by atoms with Crippen molar-refractivity contribution >= 4 is 11.6 Å². The molecule has 0 unspecified atom stereocenters. The molecule has 0 atom stereocenters. The topological polar surface area (TPSA) is 71.3 Å². The summed E-state index contributed by atoms with van der Waals surface area (Å²) in [6, 6.07) is 12.9. The van der Waals surface area contributed by atoms with Crippen LogP contribution in [0.5, 0.6) is 11.5 Å². The molecule has 0 saturated heterocycles. The standard InChI is InChI=1S/C20H22N2O3/c1-4-24-19-8-6-16(13-21)12-17(19)22-20(23)9-10-25-18-7-5-14(2)11-15(18)3/h5-8,11-12H,4,9-10H2,1-3H3,(H,22,23). The van der Waals surface area contributed by atoms with E-state index in [9.17, 15) is 4.79 Å². The third-order valence-corrected chi connectivity index (χ3v) is 3.60. The minimum absolute atomic E-state index is 0.194. The Bertz CT molecular complexity index is 794. The first-order valence-corrected chi connectivity index (χ1v) is 8.20. The van der Waals surface area contributed by atoms with E-state index in [1.54, 1.807) is 18.2 Å². The summed E-state index contributed by atoms with van der Waals surface area (Å²) in [7, 11) is 0. The summed E-state index contributed by atoms with van der Waals surface area (Å²) in [5.74, 6) is 1.13. The van der Waals surface area contributed by atoms with Gasteiger partial charge in [0.2, 0.25) is 5.91 Å². The molecule has 0 fully saturated rings. The average molecular weight is 338 g/mol. The van der Waals surface area contributed by atoms with Gasteiger partial charge in [0, 0.05) is 0 Å². The van der Waals surface area contributed by atoms with E-state index in [-0.39, 0.29) is 18.9 Å². The Morgan fingerprint density at radius 2 is 1.88 bits per heavy atom. The number of hydrogen-bond acceptors (Lipinski definition) is 4. The number of anilines is 1. The molecule has 0 spiro atoms. The Labute approximate surface area is 148 Å². The zero-order chi connectivity index (χ0) is 18.2. The molecule has 2 rings (SSSR count). The van der Waals surface area contributed by atoms with Gasteiger partial charge < -0.3 is 14.8 Å². The van der Waals surface area contributed by atoms with Crippen molar-refractivity contribution in [3.8, 4) is 17.6 Å². The Kier molecular flexibility index (Phi) is 6.41. The van der Waals surface area contributed by atoms with Crippen molar-refractivity contribution in [2.24, 2.45) is 0 Å². The lowest BCUT2D eigenvalue weighted by Gasteiger charge is -2.13. The fraction of sp³-hybridized carbons (Fsp3) is 0.300. The molecule has 1 N–H and O–H groups in total. The van der Waals surface area contributed by atoms with Crippen LogP contribution in [0.2, 0.25) is 0 Å². The lowest BCUT2D eigenvalue weighted by molar-refractivity contribution is -0.116. The second kappa shape index (κ2) is 8.74. The molecule has 130 valence electrons. The van der Waals surface area contributed by atoms with E-state index in [1.165, 1.54) is 5.56 Å². The number of nitrogens with one attached hydrogen (secondary N) is 1. The molecule has 0 bridgehead atoms. The maximum Gasteiger partial charge on any atom is 0.227 e. The first-order chi connectivity index (χ1) is 12.0. The van der Waals surface area contributed by atoms with Crippen molar-refractivity contribution < 1.29 is 14.3 Å². The van der Waals surface area contributed by atoms with Gasteiger partial charge in [-0.25, -0.2) is 0 Å². The SMILES string of the molecule is CCOc1ccc(C#N)cc1NC(=O)CCOc1ccc(C)cc1C. The number of rotatable bonds is 7. The number of hydrogen-bond donors (Lipinski definition) is 1. The zero-order valence-corrected chi connectivity index (χ0v) is 14.8. The smallest absolute Gasteiger partial charge is 0.227 e. The summed E-state index contributed by atoms with van der Waals surface area (Å²) in [4.78, 5) is 12.2. The zero-order valence-electron chi connectivity index (χ0n) is 14.8. The molecular weight excluding hydrogens is 316 g/mol. The summed E-state index contributed by atoms with van der Waals surface area (Å²) in [5.41, 5.74) is 3.17. The van der Waals surface area contributed by atoms with Gasteiger partial charge in [-0.05, 0) is 50.6 Å². The van der Waals surface area contributed by atoms with E-state index >= 15 is 0 Å². The van der Waals surface area contributed by atoms with Crippen LogP contribution in [-0.4, -0.2) is 19.1 Å². The van der Waals surface area contributed by atoms with Crippen LogP contribution in [0.4, 0.5) is 5.69 Å². The lowest BCUT2D eigenvalue weighted by Crippen LogP contribution is -2.16. The van der Waals surface area contributed by atoms with Crippen LogP contribution in [0.15, 0.2) is 36.4 Å². The number of carbonyl (C=O) groups is 1. The molecule has 5 nitrogen and oxygen atoms in total. The Balaban J connectivity index is 1.95. The van der Waals surface area contributed by atoms with Gasteiger partial charge in [-0.15, -0.1) is 0 Å². The molecule has 0 aliphatic carbocycles. The fourth-order valence-corrected chi connectivity index (χ4v) is 2.41. The molecule has 2 aromatic rings. The summed E-state index contributed by atoms with van der Waals surface area (Å²) in [6.45, 7) is 6.61. The Hall–Kier alpha value is -3.00. The molecule has 2 aromatic carbocycles. The maximum absolute atomic E-state index is 12.2. The highest BCUT2D eigenvalue weighted by molar-refractivity contribution is 5.92. The third kappa shape index (κ3) is 5.25. The number of carbonyl (C=O) groups excluding carboxylic acids is 1. The normalized spacial score (nSPS) is 10.0. The van der Waals surface area contributed by atoms with Crippen LogP contribution >= 0.6 is 0 Å². The van der Waals surface area contributed by atoms with Gasteiger partial charge in [0.15, 0.2) is 0 Å². The van der Waals surface area contributed by atoms with Crippen molar-refractivity contribution in [3.63, 3.8) is 0 Å². The van der Waals surface area contributed by atoms with Gasteiger partial charge in [-0.3, -0.25) is 4.79 Å². The molecular formula is C20H22N2O3. The van der Waals surface area contributed by atoms with Crippen molar-refractivity contribution in [3.05, 3.63) is 53.1 Å². The summed E-state index contributed by atoms with van der Waals surface area (Å²) in [6.07, 6.45) is 0.204. The highest BCUT2D eigenvalue weighted by Crippen LogP contribution is 2.26. The Morgan fingerprint density at radius 3 is 2.56 bits per heavy atom. The molecule has 0 aromatic heterocycles. The van der Waals surface area contributed by atoms with Gasteiger partial charge in [-0.2, -0.15) is 5.26 Å². The van der Waals surface area contributed by atoms with Crippen molar-refractivity contribution in [1.29, 1.82) is 5.26 Å². The summed E-state index contributed by atoms with van der Waals surface area (Å²) in [5, 5.41) is 11.8. The molecule has 0 aliphatic heterocycles. The Morgan fingerprint density at radius 1 is 1.12 bits per heavy atom. The van der Waals surface area contributed by atoms with Crippen molar-refractivity contribution in [2.75, 3.05) is 18.5 Å². The van der Waals surface area contributed by atoms with Crippen LogP contribution in [0.25, 0.3) is 0 Å². The van der Waals surface area contributed by atoms with Crippen LogP contribution in [-0.2, 0) is 4.79 Å². The van der Waals surface area contributed by atoms with Crippen LogP contribution < -0.4 is 14.8 Å². The van der Waals surface area contributed by atoms with Gasteiger partial charge in [0.05, 0.1) is 37.0 Å². The minimum atomic E-state index is -0.194. The number of nitrogens with zero attached hydrogens (tertiary/aromatic N) is 1. The molecule has 1 amide bonds. The quantitative estimate of drug-likeness (QED) is 0.829. The fourth-order valence-electron chi connectivity index (χ4n) is 2.41. The minimum Gasteiger partial charge on any atom is -0.493 e. The molecule has 0 aliphatic rings. The lowest BCUT2D eigenvalue weighted by atomic mass is 10.1. The van der Waals surface area contributed by atoms with E-state index < -0.39 is 0 Å². The predicted molar refractivity (Wildman–Crippen MR) is 97.0 cm³/mol. The molecule has 0 heterocycles. The highest BCUT2D eigenvalue weighted by atomic mass is 16.5. The predicted octanol–water partition coefficient (Wildman–Crippen LogP) is 3.98. The summed E-state index contributed by atoms with van der Waals surface area (Å²) < 4.78 is 11.2. The van der Waals surface area contributed by atoms with E-state index in [1.807, 2.05) is 39.0 Å². The maximum atomic E-state index is 12.2. The van der Waals surface area contributed by atoms with E-state index in [0.717, 1.165) is 11.3 Å². The van der Waals surface area contributed by atoms with Crippen LogP contribution in [0.3, 0.4) is 0 Å². The number of amides is 1. The third-order valence-electron chi connectivity index (χ3n) is 3.60. The first kappa shape index (κ1) is 18.3. The molecule has 25 heavy (non-hydrogen) atoms. The van der Waals surface area contributed by atoms with Gasteiger partial charge in [0.25, 0.3) is 0 Å². The number of benzene rings is 2. The second-order valence-electron chi connectivity index (χ2n) is 5.67.